The molecule has 0 fully saturated rings. The topological polar surface area (TPSA) is 155 Å². The molecule has 0 aromatic carbocycles. The predicted octanol–water partition coefficient (Wildman–Crippen LogP) is 15.9. The fourth-order valence-corrected chi connectivity index (χ4v) is 7.89. The number of rotatable bonds is 50. The molecule has 0 aliphatic rings. The first-order valence-electron chi connectivity index (χ1n) is 27.5. The van der Waals surface area contributed by atoms with Gasteiger partial charge in [0.25, 0.3) is 0 Å². The number of aliphatic hydroxyl groups excluding tert-OH is 1. The fourth-order valence-electron chi connectivity index (χ4n) is 7.11. The minimum Gasteiger partial charge on any atom is -0.462 e. The lowest BCUT2D eigenvalue weighted by Gasteiger charge is -2.21. The molecule has 12 heteroatoms. The Morgan fingerprint density at radius 1 is 0.414 bits per heavy atom. The van der Waals surface area contributed by atoms with Crippen LogP contribution in [-0.2, 0) is 42.2 Å². The van der Waals surface area contributed by atoms with Gasteiger partial charge in [0.05, 0.1) is 19.8 Å². The summed E-state index contributed by atoms with van der Waals surface area (Å²) < 4.78 is 39.3. The number of hydrogen-bond acceptors (Lipinski definition) is 10. The summed E-state index contributed by atoms with van der Waals surface area (Å²) >= 11 is 0. The van der Waals surface area contributed by atoms with Gasteiger partial charge >= 0.3 is 25.7 Å². The van der Waals surface area contributed by atoms with E-state index < -0.39 is 57.8 Å². The van der Waals surface area contributed by atoms with Crippen molar-refractivity contribution in [2.24, 2.45) is 0 Å². The zero-order valence-electron chi connectivity index (χ0n) is 44.2. The van der Waals surface area contributed by atoms with Gasteiger partial charge in [-0.15, -0.1) is 0 Å². The first-order chi connectivity index (χ1) is 34.2. The second-order valence-electron chi connectivity index (χ2n) is 18.0. The number of unbranched alkanes of at least 4 members (excludes halogenated alkanes) is 19. The van der Waals surface area contributed by atoms with Crippen molar-refractivity contribution in [3.05, 3.63) is 85.1 Å². The van der Waals surface area contributed by atoms with E-state index in [1.807, 2.05) is 12.2 Å². The van der Waals surface area contributed by atoms with Crippen LogP contribution in [0.3, 0.4) is 0 Å². The van der Waals surface area contributed by atoms with E-state index in [-0.39, 0.29) is 25.9 Å². The van der Waals surface area contributed by atoms with Crippen molar-refractivity contribution in [3.63, 3.8) is 0 Å². The third-order valence-corrected chi connectivity index (χ3v) is 12.2. The van der Waals surface area contributed by atoms with E-state index in [4.69, 9.17) is 23.3 Å². The highest BCUT2D eigenvalue weighted by Crippen LogP contribution is 2.43. The van der Waals surface area contributed by atoms with Gasteiger partial charge in [-0.1, -0.05) is 196 Å². The average molecular weight is 1000 g/mol. The Kier molecular flexibility index (Phi) is 49.5. The van der Waals surface area contributed by atoms with Crippen molar-refractivity contribution in [2.75, 3.05) is 26.4 Å². The predicted molar refractivity (Wildman–Crippen MR) is 288 cm³/mol. The number of carbonyl (C=O) groups excluding carboxylic acids is 3. The second kappa shape index (κ2) is 52.0. The molecule has 3 atom stereocenters. The van der Waals surface area contributed by atoms with Crippen molar-refractivity contribution in [1.29, 1.82) is 0 Å². The third kappa shape index (κ3) is 49.6. The quantitative estimate of drug-likeness (QED) is 0.0197. The maximum atomic E-state index is 12.9. The standard InChI is InChI=1S/C58H99O11P/c1-4-7-10-13-16-19-22-25-26-27-28-31-34-37-40-43-46-49-58(62)69-55(51-65-56(60)47-44-41-38-35-32-29-23-20-17-14-11-8-5-2)53-67-70(63,64)66-52-54(50-59)68-57(61)48-45-42-39-36-33-30-24-21-18-15-12-9-6-3/h9,11-12,14,18,20-21,23,25-26,30,33,39,42,54-55,59H,4-8,10,13,15-17,19,22,24,27-29,31-32,34-38,40-41,43-53H2,1-3H3,(H,63,64)/b12-9-,14-11-,21-18-,23-20-,26-25-,33-30-,42-39-. The first kappa shape index (κ1) is 66.7. The Hall–Kier alpha value is -3.34. The highest BCUT2D eigenvalue weighted by Gasteiger charge is 2.28. The molecule has 11 nitrogen and oxygen atoms in total. The van der Waals surface area contributed by atoms with E-state index in [0.29, 0.717) is 19.3 Å². The van der Waals surface area contributed by atoms with Gasteiger partial charge in [0.1, 0.15) is 12.7 Å². The van der Waals surface area contributed by atoms with Crippen LogP contribution in [0.15, 0.2) is 85.1 Å². The first-order valence-corrected chi connectivity index (χ1v) is 29.0. The monoisotopic (exact) mass is 1000 g/mol. The van der Waals surface area contributed by atoms with Crippen LogP contribution in [0.2, 0.25) is 0 Å². The highest BCUT2D eigenvalue weighted by molar-refractivity contribution is 7.47. The van der Waals surface area contributed by atoms with Crippen LogP contribution >= 0.6 is 7.82 Å². The van der Waals surface area contributed by atoms with Gasteiger partial charge in [-0.25, -0.2) is 4.57 Å². The lowest BCUT2D eigenvalue weighted by molar-refractivity contribution is -0.161. The van der Waals surface area contributed by atoms with Crippen LogP contribution in [0, 0.1) is 0 Å². The van der Waals surface area contributed by atoms with Crippen molar-refractivity contribution in [2.45, 2.75) is 238 Å². The van der Waals surface area contributed by atoms with Crippen molar-refractivity contribution in [1.82, 2.24) is 0 Å². The molecule has 70 heavy (non-hydrogen) atoms. The number of hydrogen-bond donors (Lipinski definition) is 2. The van der Waals surface area contributed by atoms with E-state index in [9.17, 15) is 28.9 Å². The Labute approximate surface area is 426 Å². The molecule has 0 aromatic rings. The largest absolute Gasteiger partial charge is 0.472 e. The minimum atomic E-state index is -4.77. The van der Waals surface area contributed by atoms with Crippen LogP contribution < -0.4 is 0 Å². The maximum Gasteiger partial charge on any atom is 0.472 e. The molecule has 0 heterocycles. The number of aliphatic hydroxyl groups is 1. The zero-order valence-corrected chi connectivity index (χ0v) is 45.1. The average Bonchev–Trinajstić information content (AvgIpc) is 3.35. The number of ether oxygens (including phenoxy) is 3. The van der Waals surface area contributed by atoms with E-state index in [0.717, 1.165) is 103 Å². The molecular weight excluding hydrogens is 904 g/mol. The summed E-state index contributed by atoms with van der Waals surface area (Å²) in [5.41, 5.74) is 0. The zero-order chi connectivity index (χ0) is 51.3. The summed E-state index contributed by atoms with van der Waals surface area (Å²) in [6.07, 6.45) is 58.5. The summed E-state index contributed by atoms with van der Waals surface area (Å²) in [7, 11) is -4.77. The van der Waals surface area contributed by atoms with Crippen LogP contribution in [0.25, 0.3) is 0 Å². The van der Waals surface area contributed by atoms with E-state index >= 15 is 0 Å². The number of phosphoric acid groups is 1. The summed E-state index contributed by atoms with van der Waals surface area (Å²) in [4.78, 5) is 48.4. The van der Waals surface area contributed by atoms with Crippen LogP contribution in [0.4, 0.5) is 0 Å². The number of carbonyl (C=O) groups is 3. The Morgan fingerprint density at radius 2 is 0.800 bits per heavy atom. The summed E-state index contributed by atoms with van der Waals surface area (Å²) in [5.74, 6) is -1.58. The Morgan fingerprint density at radius 3 is 1.30 bits per heavy atom. The Balaban J connectivity index is 4.81. The molecule has 0 rings (SSSR count). The maximum absolute atomic E-state index is 12.9. The van der Waals surface area contributed by atoms with E-state index in [1.54, 1.807) is 0 Å². The van der Waals surface area contributed by atoms with Crippen LogP contribution in [0.1, 0.15) is 226 Å². The fraction of sp³-hybridized carbons (Fsp3) is 0.707. The van der Waals surface area contributed by atoms with E-state index in [1.165, 1.54) is 64.2 Å². The molecule has 3 unspecified atom stereocenters. The normalized spacial score (nSPS) is 14.1. The molecule has 0 spiro atoms. The lowest BCUT2D eigenvalue weighted by Crippen LogP contribution is -2.30. The second-order valence-corrected chi connectivity index (χ2v) is 19.5. The van der Waals surface area contributed by atoms with Crippen molar-refractivity contribution in [3.8, 4) is 0 Å². The van der Waals surface area contributed by atoms with E-state index in [2.05, 4.69) is 93.7 Å². The van der Waals surface area contributed by atoms with Crippen LogP contribution in [0.5, 0.6) is 0 Å². The summed E-state index contributed by atoms with van der Waals surface area (Å²) in [5, 5.41) is 9.77. The molecule has 0 radical (unpaired) electrons. The molecule has 0 bridgehead atoms. The molecule has 0 amide bonds. The molecular formula is C58H99O11P. The molecule has 402 valence electrons. The van der Waals surface area contributed by atoms with Gasteiger partial charge in [-0.2, -0.15) is 0 Å². The molecule has 0 saturated carbocycles. The summed E-state index contributed by atoms with van der Waals surface area (Å²) in [6.45, 7) is 4.35. The highest BCUT2D eigenvalue weighted by atomic mass is 31.2. The third-order valence-electron chi connectivity index (χ3n) is 11.3. The van der Waals surface area contributed by atoms with Crippen LogP contribution in [-0.4, -0.2) is 66.5 Å². The Bertz CT molecular complexity index is 1500. The molecule has 0 saturated heterocycles. The molecule has 2 N–H and O–H groups in total. The van der Waals surface area contributed by atoms with Gasteiger partial charge in [0.2, 0.25) is 0 Å². The summed E-state index contributed by atoms with van der Waals surface area (Å²) in [6, 6.07) is 0. The van der Waals surface area contributed by atoms with Gasteiger partial charge in [-0.05, 0) is 96.3 Å². The van der Waals surface area contributed by atoms with Gasteiger partial charge in [0, 0.05) is 19.3 Å². The number of phosphoric ester groups is 1. The SMILES string of the molecule is CC/C=C\C/C=C\C/C=C\C/C=C\CCC(=O)OC(CO)COP(=O)(O)OCC(COC(=O)CCCCCCC/C=C\C/C=C\CCC)OC(=O)CCCCCCCCC/C=C\CCCCCCCC. The lowest BCUT2D eigenvalue weighted by atomic mass is 10.1. The number of allylic oxidation sites excluding steroid dienone is 14. The molecule has 0 aliphatic heterocycles. The van der Waals surface area contributed by atoms with Gasteiger partial charge in [0.15, 0.2) is 6.10 Å². The smallest absolute Gasteiger partial charge is 0.462 e. The van der Waals surface area contributed by atoms with Crippen molar-refractivity contribution >= 4 is 25.7 Å². The van der Waals surface area contributed by atoms with Gasteiger partial charge < -0.3 is 24.2 Å². The minimum absolute atomic E-state index is 0.0523. The molecule has 0 aliphatic carbocycles. The molecule has 0 aromatic heterocycles. The van der Waals surface area contributed by atoms with Gasteiger partial charge in [-0.3, -0.25) is 23.4 Å². The number of esters is 3. The van der Waals surface area contributed by atoms with Crippen molar-refractivity contribution < 1.29 is 52.2 Å².